The van der Waals surface area contributed by atoms with Crippen LogP contribution in [0.5, 0.6) is 5.75 Å². The van der Waals surface area contributed by atoms with Crippen molar-refractivity contribution < 1.29 is 27.1 Å². The maximum absolute atomic E-state index is 13.4. The van der Waals surface area contributed by atoms with Gasteiger partial charge in [0.2, 0.25) is 10.0 Å². The van der Waals surface area contributed by atoms with Crippen LogP contribution in [0, 0.1) is 11.7 Å². The van der Waals surface area contributed by atoms with E-state index < -0.39 is 15.6 Å². The fraction of sp³-hybridized carbons (Fsp3) is 0.269. The van der Waals surface area contributed by atoms with Crippen molar-refractivity contribution in [3.05, 3.63) is 95.8 Å². The normalized spacial score (nSPS) is 16.3. The monoisotopic (exact) mass is 483 g/mol. The summed E-state index contributed by atoms with van der Waals surface area (Å²) in [5, 5.41) is 0. The third-order valence-corrected chi connectivity index (χ3v) is 7.76. The molecule has 3 aromatic carbocycles. The standard InChI is InChI=1S/C26H26FNO5S/c1-19(25(29)32-2)15-20-7-6-10-24(16-20)34(30,31)28-17-26(18-28,21-8-4-3-5-9-21)33-23-13-11-22(27)12-14-23/h3-14,16,19H,15,17-18H2,1-2H3/t19-/m0/s1. The van der Waals surface area contributed by atoms with E-state index in [1.165, 1.54) is 35.7 Å². The third kappa shape index (κ3) is 4.83. The molecule has 1 fully saturated rings. The van der Waals surface area contributed by atoms with Gasteiger partial charge in [0.25, 0.3) is 0 Å². The van der Waals surface area contributed by atoms with Crippen LogP contribution in [0.2, 0.25) is 0 Å². The first-order valence-corrected chi connectivity index (χ1v) is 12.3. The van der Waals surface area contributed by atoms with Crippen molar-refractivity contribution in [1.29, 1.82) is 0 Å². The van der Waals surface area contributed by atoms with E-state index in [0.29, 0.717) is 12.2 Å². The number of carbonyl (C=O) groups is 1. The Morgan fingerprint density at radius 2 is 1.71 bits per heavy atom. The Bertz CT molecular complexity index is 1260. The molecule has 8 heteroatoms. The fourth-order valence-electron chi connectivity index (χ4n) is 4.09. The van der Waals surface area contributed by atoms with Crippen molar-refractivity contribution in [2.75, 3.05) is 20.2 Å². The van der Waals surface area contributed by atoms with Crippen molar-refractivity contribution >= 4 is 16.0 Å². The zero-order valence-electron chi connectivity index (χ0n) is 19.0. The first-order chi connectivity index (χ1) is 16.2. The summed E-state index contributed by atoms with van der Waals surface area (Å²) in [6, 6.07) is 21.7. The van der Waals surface area contributed by atoms with Gasteiger partial charge in [0.05, 0.1) is 31.0 Å². The van der Waals surface area contributed by atoms with Gasteiger partial charge in [0, 0.05) is 0 Å². The number of halogens is 1. The molecular weight excluding hydrogens is 457 g/mol. The summed E-state index contributed by atoms with van der Waals surface area (Å²) in [5.74, 6) is -0.648. The molecule has 0 unspecified atom stereocenters. The van der Waals surface area contributed by atoms with E-state index in [2.05, 4.69) is 0 Å². The van der Waals surface area contributed by atoms with Crippen LogP contribution in [0.1, 0.15) is 18.1 Å². The van der Waals surface area contributed by atoms with Gasteiger partial charge in [0.1, 0.15) is 11.6 Å². The number of esters is 1. The second-order valence-corrected chi connectivity index (χ2v) is 10.4. The van der Waals surface area contributed by atoms with Crippen LogP contribution >= 0.6 is 0 Å². The molecule has 0 radical (unpaired) electrons. The SMILES string of the molecule is COC(=O)[C@@H](C)Cc1cccc(S(=O)(=O)N2CC(Oc3ccc(F)cc3)(c3ccccc3)C2)c1. The smallest absolute Gasteiger partial charge is 0.308 e. The average Bonchev–Trinajstić information content (AvgIpc) is 2.82. The number of hydrogen-bond donors (Lipinski definition) is 0. The van der Waals surface area contributed by atoms with E-state index in [4.69, 9.17) is 9.47 Å². The Hall–Kier alpha value is -3.23. The van der Waals surface area contributed by atoms with Gasteiger partial charge in [0.15, 0.2) is 5.60 Å². The lowest BCUT2D eigenvalue weighted by molar-refractivity contribution is -0.144. The predicted molar refractivity (Wildman–Crippen MR) is 125 cm³/mol. The Balaban J connectivity index is 1.57. The maximum atomic E-state index is 13.4. The topological polar surface area (TPSA) is 72.9 Å². The Morgan fingerprint density at radius 1 is 1.03 bits per heavy atom. The van der Waals surface area contributed by atoms with Crippen molar-refractivity contribution in [3.8, 4) is 5.75 Å². The summed E-state index contributed by atoms with van der Waals surface area (Å²) >= 11 is 0. The average molecular weight is 484 g/mol. The van der Waals surface area contributed by atoms with Gasteiger partial charge in [-0.15, -0.1) is 0 Å². The van der Waals surface area contributed by atoms with Gasteiger partial charge in [-0.1, -0.05) is 49.4 Å². The molecule has 4 rings (SSSR count). The number of nitrogens with zero attached hydrogens (tertiary/aromatic N) is 1. The second kappa shape index (κ2) is 9.56. The zero-order chi connectivity index (χ0) is 24.3. The summed E-state index contributed by atoms with van der Waals surface area (Å²) in [5.41, 5.74) is 0.686. The molecule has 0 saturated carbocycles. The largest absolute Gasteiger partial charge is 0.480 e. The Labute approximate surface area is 199 Å². The summed E-state index contributed by atoms with van der Waals surface area (Å²) < 4.78 is 52.5. The molecule has 1 aliphatic heterocycles. The van der Waals surface area contributed by atoms with Gasteiger partial charge < -0.3 is 9.47 Å². The highest BCUT2D eigenvalue weighted by Crippen LogP contribution is 2.40. The number of rotatable bonds is 8. The molecule has 0 aliphatic carbocycles. The van der Waals surface area contributed by atoms with Crippen molar-refractivity contribution in [1.82, 2.24) is 4.31 Å². The highest BCUT2D eigenvalue weighted by Gasteiger charge is 2.52. The van der Waals surface area contributed by atoms with E-state index in [0.717, 1.165) is 11.1 Å². The minimum Gasteiger partial charge on any atom is -0.480 e. The van der Waals surface area contributed by atoms with Crippen LogP contribution in [-0.2, 0) is 31.6 Å². The summed E-state index contributed by atoms with van der Waals surface area (Å²) in [6.07, 6.45) is 0.373. The van der Waals surface area contributed by atoms with E-state index in [-0.39, 0.29) is 35.7 Å². The molecule has 1 aliphatic rings. The van der Waals surface area contributed by atoms with Crippen molar-refractivity contribution in [3.63, 3.8) is 0 Å². The lowest BCUT2D eigenvalue weighted by atomic mass is 9.87. The van der Waals surface area contributed by atoms with E-state index in [9.17, 15) is 17.6 Å². The lowest BCUT2D eigenvalue weighted by Crippen LogP contribution is -2.64. The fourth-order valence-corrected chi connectivity index (χ4v) is 5.70. The van der Waals surface area contributed by atoms with Gasteiger partial charge in [-0.05, 0) is 53.9 Å². The number of hydrogen-bond acceptors (Lipinski definition) is 5. The van der Waals surface area contributed by atoms with Crippen LogP contribution in [0.15, 0.2) is 83.8 Å². The third-order valence-electron chi connectivity index (χ3n) is 5.97. The zero-order valence-corrected chi connectivity index (χ0v) is 19.8. The molecule has 0 N–H and O–H groups in total. The van der Waals surface area contributed by atoms with Crippen LogP contribution in [0.4, 0.5) is 4.39 Å². The molecule has 0 spiro atoms. The number of ether oxygens (including phenoxy) is 2. The van der Waals surface area contributed by atoms with Crippen LogP contribution in [0.25, 0.3) is 0 Å². The molecule has 1 saturated heterocycles. The van der Waals surface area contributed by atoms with E-state index >= 15 is 0 Å². The highest BCUT2D eigenvalue weighted by atomic mass is 32.2. The first-order valence-electron chi connectivity index (χ1n) is 10.9. The summed E-state index contributed by atoms with van der Waals surface area (Å²) in [4.78, 5) is 11.9. The van der Waals surface area contributed by atoms with E-state index in [1.54, 1.807) is 31.2 Å². The van der Waals surface area contributed by atoms with Gasteiger partial charge >= 0.3 is 5.97 Å². The number of methoxy groups -OCH3 is 1. The molecule has 1 heterocycles. The quantitative estimate of drug-likeness (QED) is 0.450. The molecular formula is C26H26FNO5S. The highest BCUT2D eigenvalue weighted by molar-refractivity contribution is 7.89. The summed E-state index contributed by atoms with van der Waals surface area (Å²) in [7, 11) is -2.46. The molecule has 0 aromatic heterocycles. The first kappa shape index (κ1) is 23.9. The molecule has 1 atom stereocenters. The van der Waals surface area contributed by atoms with E-state index in [1.807, 2.05) is 30.3 Å². The molecule has 3 aromatic rings. The number of carbonyl (C=O) groups excluding carboxylic acids is 1. The lowest BCUT2D eigenvalue weighted by Gasteiger charge is -2.48. The summed E-state index contributed by atoms with van der Waals surface area (Å²) in [6.45, 7) is 1.96. The Kier molecular flexibility index (Phi) is 6.72. The van der Waals surface area contributed by atoms with Crippen LogP contribution in [0.3, 0.4) is 0 Å². The predicted octanol–water partition coefficient (Wildman–Crippen LogP) is 4.16. The van der Waals surface area contributed by atoms with Gasteiger partial charge in [-0.3, -0.25) is 4.79 Å². The molecule has 6 nitrogen and oxygen atoms in total. The van der Waals surface area contributed by atoms with Gasteiger partial charge in [-0.25, -0.2) is 12.8 Å². The molecule has 178 valence electrons. The number of sulfonamides is 1. The second-order valence-electron chi connectivity index (χ2n) is 8.47. The minimum absolute atomic E-state index is 0.111. The number of benzene rings is 3. The molecule has 34 heavy (non-hydrogen) atoms. The minimum atomic E-state index is -3.79. The maximum Gasteiger partial charge on any atom is 0.308 e. The van der Waals surface area contributed by atoms with Crippen molar-refractivity contribution in [2.45, 2.75) is 23.8 Å². The molecule has 0 bridgehead atoms. The Morgan fingerprint density at radius 3 is 2.35 bits per heavy atom. The molecule has 0 amide bonds. The van der Waals surface area contributed by atoms with Crippen LogP contribution in [-0.4, -0.2) is 38.9 Å². The van der Waals surface area contributed by atoms with Crippen molar-refractivity contribution in [2.24, 2.45) is 5.92 Å². The van der Waals surface area contributed by atoms with Crippen LogP contribution < -0.4 is 4.74 Å². The van der Waals surface area contributed by atoms with Gasteiger partial charge in [-0.2, -0.15) is 4.31 Å².